The maximum atomic E-state index is 12.8. The van der Waals surface area contributed by atoms with Gasteiger partial charge in [0.15, 0.2) is 5.69 Å². The van der Waals surface area contributed by atoms with Crippen molar-refractivity contribution in [1.29, 1.82) is 0 Å². The molecule has 0 unspecified atom stereocenters. The first kappa shape index (κ1) is 15.5. The normalized spacial score (nSPS) is 12.7. The summed E-state index contributed by atoms with van der Waals surface area (Å²) >= 11 is 0. The predicted molar refractivity (Wildman–Crippen MR) is 59.9 cm³/mol. The molecule has 1 rings (SSSR count). The monoisotopic (exact) mass is 280 g/mol. The van der Waals surface area contributed by atoms with Crippen molar-refractivity contribution >= 4 is 5.97 Å². The van der Waals surface area contributed by atoms with Crippen molar-refractivity contribution < 1.29 is 27.8 Å². The van der Waals surface area contributed by atoms with E-state index in [2.05, 4.69) is 5.10 Å². The molecule has 1 N–H and O–H groups in total. The molecule has 0 saturated carbocycles. The van der Waals surface area contributed by atoms with Gasteiger partial charge < -0.3 is 9.84 Å². The maximum absolute atomic E-state index is 12.8. The van der Waals surface area contributed by atoms with Crippen molar-refractivity contribution in [1.82, 2.24) is 9.78 Å². The standard InChI is InChI=1S/C11H15F3N2O3/c1-10(2,3)19-5-4-16-8(11(12,13)14)7(6-15-16)9(17)18/h6H,4-5H2,1-3H3,(H,17,18). The average molecular weight is 280 g/mol. The Hall–Kier alpha value is -1.57. The molecule has 5 nitrogen and oxygen atoms in total. The second-order valence-corrected chi connectivity index (χ2v) is 4.89. The lowest BCUT2D eigenvalue weighted by atomic mass is 10.2. The second kappa shape index (κ2) is 5.20. The van der Waals surface area contributed by atoms with Gasteiger partial charge in [-0.25, -0.2) is 4.79 Å². The number of aromatic nitrogens is 2. The van der Waals surface area contributed by atoms with E-state index >= 15 is 0 Å². The Bertz CT molecular complexity index is 461. The third kappa shape index (κ3) is 4.23. The first-order valence-electron chi connectivity index (χ1n) is 5.52. The van der Waals surface area contributed by atoms with Gasteiger partial charge >= 0.3 is 12.1 Å². The Morgan fingerprint density at radius 1 is 1.42 bits per heavy atom. The van der Waals surface area contributed by atoms with E-state index in [0.717, 1.165) is 0 Å². The van der Waals surface area contributed by atoms with Gasteiger partial charge in [0, 0.05) is 0 Å². The minimum absolute atomic E-state index is 0.00726. The van der Waals surface area contributed by atoms with Crippen LogP contribution in [0.2, 0.25) is 0 Å². The maximum Gasteiger partial charge on any atom is 0.433 e. The summed E-state index contributed by atoms with van der Waals surface area (Å²) in [6.07, 6.45) is -4.08. The zero-order chi connectivity index (χ0) is 14.8. The number of rotatable bonds is 4. The van der Waals surface area contributed by atoms with E-state index in [4.69, 9.17) is 9.84 Å². The van der Waals surface area contributed by atoms with Crippen LogP contribution in [0, 0.1) is 0 Å². The van der Waals surface area contributed by atoms with E-state index < -0.39 is 29.0 Å². The molecular weight excluding hydrogens is 265 g/mol. The Kier molecular flexibility index (Phi) is 4.24. The van der Waals surface area contributed by atoms with Gasteiger partial charge in [-0.3, -0.25) is 4.68 Å². The van der Waals surface area contributed by atoms with Crippen LogP contribution in [0.15, 0.2) is 6.20 Å². The number of hydrogen-bond acceptors (Lipinski definition) is 3. The molecule has 0 fully saturated rings. The Morgan fingerprint density at radius 3 is 2.42 bits per heavy atom. The van der Waals surface area contributed by atoms with Crippen molar-refractivity contribution in [3.63, 3.8) is 0 Å². The molecule has 1 aromatic rings. The van der Waals surface area contributed by atoms with Gasteiger partial charge in [-0.05, 0) is 20.8 Å². The van der Waals surface area contributed by atoms with Crippen LogP contribution in [0.5, 0.6) is 0 Å². The van der Waals surface area contributed by atoms with Crippen molar-refractivity contribution in [2.75, 3.05) is 6.61 Å². The average Bonchev–Trinajstić information content (AvgIpc) is 2.58. The molecule has 1 heterocycles. The predicted octanol–water partition coefficient (Wildman–Crippen LogP) is 2.42. The molecule has 8 heteroatoms. The van der Waals surface area contributed by atoms with Crippen molar-refractivity contribution in [3.05, 3.63) is 17.5 Å². The third-order valence-corrected chi connectivity index (χ3v) is 2.18. The highest BCUT2D eigenvalue weighted by atomic mass is 19.4. The van der Waals surface area contributed by atoms with Crippen LogP contribution >= 0.6 is 0 Å². The first-order chi connectivity index (χ1) is 8.52. The molecule has 1 aromatic heterocycles. The summed E-state index contributed by atoms with van der Waals surface area (Å²) in [7, 11) is 0. The van der Waals surface area contributed by atoms with Crippen LogP contribution in [-0.4, -0.2) is 33.1 Å². The van der Waals surface area contributed by atoms with Crippen LogP contribution in [0.25, 0.3) is 0 Å². The minimum Gasteiger partial charge on any atom is -0.478 e. The molecule has 0 aliphatic rings. The first-order valence-corrected chi connectivity index (χ1v) is 5.52. The lowest BCUT2D eigenvalue weighted by Gasteiger charge is -2.20. The molecule has 0 aromatic carbocycles. The van der Waals surface area contributed by atoms with Crippen LogP contribution in [0.1, 0.15) is 36.8 Å². The number of carboxylic acids is 1. The molecule has 0 aliphatic carbocycles. The minimum atomic E-state index is -4.77. The van der Waals surface area contributed by atoms with Gasteiger partial charge in [0.05, 0.1) is 24.9 Å². The lowest BCUT2D eigenvalue weighted by molar-refractivity contribution is -0.145. The second-order valence-electron chi connectivity index (χ2n) is 4.89. The molecule has 108 valence electrons. The van der Waals surface area contributed by atoms with Crippen LogP contribution < -0.4 is 0 Å². The number of aromatic carboxylic acids is 1. The summed E-state index contributed by atoms with van der Waals surface area (Å²) in [5.41, 5.74) is -2.61. The van der Waals surface area contributed by atoms with E-state index in [9.17, 15) is 18.0 Å². The highest BCUT2D eigenvalue weighted by Crippen LogP contribution is 2.32. The fourth-order valence-electron chi connectivity index (χ4n) is 1.45. The number of hydrogen-bond donors (Lipinski definition) is 1. The largest absolute Gasteiger partial charge is 0.478 e. The highest BCUT2D eigenvalue weighted by molar-refractivity contribution is 5.88. The number of ether oxygens (including phenoxy) is 1. The van der Waals surface area contributed by atoms with E-state index in [0.29, 0.717) is 10.9 Å². The van der Waals surface area contributed by atoms with Gasteiger partial charge in [-0.2, -0.15) is 18.3 Å². The Balaban J connectivity index is 2.93. The van der Waals surface area contributed by atoms with E-state index in [1.807, 2.05) is 0 Å². The SMILES string of the molecule is CC(C)(C)OCCn1ncc(C(=O)O)c1C(F)(F)F. The van der Waals surface area contributed by atoms with Gasteiger partial charge in [0.1, 0.15) is 5.56 Å². The zero-order valence-corrected chi connectivity index (χ0v) is 10.8. The number of halogens is 3. The van der Waals surface area contributed by atoms with Crippen molar-refractivity contribution in [3.8, 4) is 0 Å². The van der Waals surface area contributed by atoms with Crippen molar-refractivity contribution in [2.24, 2.45) is 0 Å². The summed E-state index contributed by atoms with van der Waals surface area (Å²) in [5, 5.41) is 12.2. The van der Waals surface area contributed by atoms with Gasteiger partial charge in [0.25, 0.3) is 0 Å². The molecule has 19 heavy (non-hydrogen) atoms. The number of carbonyl (C=O) groups is 1. The molecule has 0 radical (unpaired) electrons. The fraction of sp³-hybridized carbons (Fsp3) is 0.636. The van der Waals surface area contributed by atoms with Crippen LogP contribution in [0.3, 0.4) is 0 Å². The molecule has 0 saturated heterocycles. The van der Waals surface area contributed by atoms with Gasteiger partial charge in [0.2, 0.25) is 0 Å². The quantitative estimate of drug-likeness (QED) is 0.920. The topological polar surface area (TPSA) is 64.4 Å². The summed E-state index contributed by atoms with van der Waals surface area (Å²) in [6.45, 7) is 5.14. The lowest BCUT2D eigenvalue weighted by Crippen LogP contribution is -2.24. The molecule has 0 amide bonds. The summed E-state index contributed by atoms with van der Waals surface area (Å²) in [5.74, 6) is -1.66. The molecule has 0 aliphatic heterocycles. The summed E-state index contributed by atoms with van der Waals surface area (Å²) in [6, 6.07) is 0. The smallest absolute Gasteiger partial charge is 0.433 e. The van der Waals surface area contributed by atoms with Crippen molar-refractivity contribution in [2.45, 2.75) is 39.1 Å². The number of nitrogens with zero attached hydrogens (tertiary/aromatic N) is 2. The fourth-order valence-corrected chi connectivity index (χ4v) is 1.45. The Morgan fingerprint density at radius 2 is 2.00 bits per heavy atom. The van der Waals surface area contributed by atoms with Crippen LogP contribution in [0.4, 0.5) is 13.2 Å². The van der Waals surface area contributed by atoms with Crippen LogP contribution in [-0.2, 0) is 17.5 Å². The number of alkyl halides is 3. The zero-order valence-electron chi connectivity index (χ0n) is 10.8. The number of carboxylic acid groups (broad SMARTS) is 1. The van der Waals surface area contributed by atoms with E-state index in [1.165, 1.54) is 0 Å². The molecule has 0 atom stereocenters. The summed E-state index contributed by atoms with van der Waals surface area (Å²) in [4.78, 5) is 10.7. The van der Waals surface area contributed by atoms with Gasteiger partial charge in [-0.1, -0.05) is 0 Å². The van der Waals surface area contributed by atoms with E-state index in [1.54, 1.807) is 20.8 Å². The molecular formula is C11H15F3N2O3. The molecule has 0 bridgehead atoms. The Labute approximate surface area is 108 Å². The van der Waals surface area contributed by atoms with Gasteiger partial charge in [-0.15, -0.1) is 0 Å². The van der Waals surface area contributed by atoms with E-state index in [-0.39, 0.29) is 13.2 Å². The summed E-state index contributed by atoms with van der Waals surface area (Å²) < 4.78 is 44.3. The highest BCUT2D eigenvalue weighted by Gasteiger charge is 2.40. The third-order valence-electron chi connectivity index (χ3n) is 2.18. The molecule has 0 spiro atoms.